The molecule has 7 heteroatoms. The smallest absolute Gasteiger partial charge is 0.241 e. The number of hydrogen-bond acceptors (Lipinski definition) is 4. The number of halogens is 1. The molecule has 3 N–H and O–H groups in total. The Kier molecular flexibility index (Phi) is 5.21. The number of methoxy groups -OCH3 is 1. The molecule has 5 nitrogen and oxygen atoms in total. The molecule has 1 unspecified atom stereocenters. The van der Waals surface area contributed by atoms with Gasteiger partial charge in [0, 0.05) is 25.8 Å². The van der Waals surface area contributed by atoms with E-state index in [1.807, 2.05) is 0 Å². The highest BCUT2D eigenvalue weighted by Crippen LogP contribution is 2.18. The van der Waals surface area contributed by atoms with E-state index in [9.17, 15) is 12.8 Å². The van der Waals surface area contributed by atoms with E-state index in [0.29, 0.717) is 0 Å². The molecule has 0 saturated carbocycles. The van der Waals surface area contributed by atoms with Crippen LogP contribution in [0.5, 0.6) is 0 Å². The van der Waals surface area contributed by atoms with Gasteiger partial charge in [0.15, 0.2) is 0 Å². The molecular weight excluding hydrogens is 259 g/mol. The van der Waals surface area contributed by atoms with Gasteiger partial charge in [0.25, 0.3) is 0 Å². The molecule has 1 aromatic carbocycles. The molecule has 18 heavy (non-hydrogen) atoms. The van der Waals surface area contributed by atoms with Gasteiger partial charge in [-0.1, -0.05) is 6.07 Å². The zero-order chi connectivity index (χ0) is 13.8. The number of sulfonamides is 1. The number of ether oxygens (including phenoxy) is 1. The summed E-state index contributed by atoms with van der Waals surface area (Å²) >= 11 is 0. The molecule has 0 heterocycles. The van der Waals surface area contributed by atoms with Crippen LogP contribution in [0, 0.1) is 5.82 Å². The van der Waals surface area contributed by atoms with Crippen molar-refractivity contribution in [2.75, 3.05) is 13.7 Å². The van der Waals surface area contributed by atoms with Crippen molar-refractivity contribution in [3.05, 3.63) is 29.6 Å². The summed E-state index contributed by atoms with van der Waals surface area (Å²) in [5.41, 5.74) is 5.35. The van der Waals surface area contributed by atoms with Gasteiger partial charge >= 0.3 is 0 Å². The highest BCUT2D eigenvalue weighted by molar-refractivity contribution is 7.89. The largest absolute Gasteiger partial charge is 0.380 e. The molecule has 0 aliphatic carbocycles. The summed E-state index contributed by atoms with van der Waals surface area (Å²) in [5.74, 6) is -0.625. The quantitative estimate of drug-likeness (QED) is 0.797. The maximum Gasteiger partial charge on any atom is 0.241 e. The fraction of sp³-hybridized carbons (Fsp3) is 0.455. The Morgan fingerprint density at radius 1 is 1.50 bits per heavy atom. The Hall–Kier alpha value is -1.02. The topological polar surface area (TPSA) is 81.4 Å². The molecule has 0 spiro atoms. The summed E-state index contributed by atoms with van der Waals surface area (Å²) in [4.78, 5) is -0.131. The van der Waals surface area contributed by atoms with E-state index in [0.717, 1.165) is 0 Å². The molecule has 0 amide bonds. The van der Waals surface area contributed by atoms with E-state index in [4.69, 9.17) is 10.5 Å². The van der Waals surface area contributed by atoms with E-state index in [-0.39, 0.29) is 29.7 Å². The van der Waals surface area contributed by atoms with Gasteiger partial charge in [0.2, 0.25) is 10.0 Å². The van der Waals surface area contributed by atoms with Gasteiger partial charge in [-0.15, -0.1) is 0 Å². The number of nitrogens with two attached hydrogens (primary N) is 1. The monoisotopic (exact) mass is 276 g/mol. The summed E-state index contributed by atoms with van der Waals surface area (Å²) in [6.07, 6.45) is -0.269. The molecule has 0 aliphatic rings. The van der Waals surface area contributed by atoms with E-state index >= 15 is 0 Å². The van der Waals surface area contributed by atoms with Crippen molar-refractivity contribution in [2.24, 2.45) is 5.73 Å². The minimum Gasteiger partial charge on any atom is -0.380 e. The van der Waals surface area contributed by atoms with E-state index < -0.39 is 15.8 Å². The lowest BCUT2D eigenvalue weighted by molar-refractivity contribution is 0.122. The van der Waals surface area contributed by atoms with Crippen LogP contribution in [-0.4, -0.2) is 28.2 Å². The molecule has 0 bridgehead atoms. The minimum atomic E-state index is -3.78. The Bertz CT molecular complexity index is 505. The first kappa shape index (κ1) is 15.0. The van der Waals surface area contributed by atoms with Gasteiger partial charge in [-0.2, -0.15) is 0 Å². The Morgan fingerprint density at radius 3 is 2.72 bits per heavy atom. The van der Waals surface area contributed by atoms with Gasteiger partial charge < -0.3 is 10.5 Å². The number of rotatable bonds is 6. The molecule has 0 radical (unpaired) electrons. The Labute approximate surface area is 106 Å². The number of hydrogen-bond donors (Lipinski definition) is 2. The Morgan fingerprint density at radius 2 is 2.17 bits per heavy atom. The fourth-order valence-corrected chi connectivity index (χ4v) is 2.75. The number of benzene rings is 1. The molecule has 0 saturated heterocycles. The lowest BCUT2D eigenvalue weighted by Gasteiger charge is -2.13. The van der Waals surface area contributed by atoms with Crippen molar-refractivity contribution in [1.29, 1.82) is 0 Å². The van der Waals surface area contributed by atoms with E-state index in [1.54, 1.807) is 6.92 Å². The van der Waals surface area contributed by atoms with Gasteiger partial charge in [-0.25, -0.2) is 17.5 Å². The van der Waals surface area contributed by atoms with E-state index in [1.165, 1.54) is 25.3 Å². The predicted octanol–water partition coefficient (Wildman–Crippen LogP) is 0.598. The van der Waals surface area contributed by atoms with Gasteiger partial charge in [-0.3, -0.25) is 0 Å². The van der Waals surface area contributed by atoms with Crippen LogP contribution in [0.1, 0.15) is 12.5 Å². The van der Waals surface area contributed by atoms with Crippen LogP contribution in [0.3, 0.4) is 0 Å². The second-order valence-electron chi connectivity index (χ2n) is 3.82. The zero-order valence-electron chi connectivity index (χ0n) is 10.3. The van der Waals surface area contributed by atoms with E-state index in [2.05, 4.69) is 4.72 Å². The van der Waals surface area contributed by atoms with Crippen LogP contribution in [-0.2, 0) is 21.3 Å². The van der Waals surface area contributed by atoms with Gasteiger partial charge in [0.1, 0.15) is 5.82 Å². The highest BCUT2D eigenvalue weighted by Gasteiger charge is 2.20. The lowest BCUT2D eigenvalue weighted by atomic mass is 10.2. The third kappa shape index (κ3) is 3.49. The van der Waals surface area contributed by atoms with Crippen LogP contribution in [0.4, 0.5) is 4.39 Å². The van der Waals surface area contributed by atoms with Gasteiger partial charge in [0.05, 0.1) is 11.0 Å². The molecular formula is C11H17FN2O3S. The number of nitrogens with one attached hydrogen (secondary N) is 1. The zero-order valence-corrected chi connectivity index (χ0v) is 11.1. The van der Waals surface area contributed by atoms with Crippen molar-refractivity contribution in [3.8, 4) is 0 Å². The van der Waals surface area contributed by atoms with Crippen molar-refractivity contribution in [1.82, 2.24) is 4.72 Å². The van der Waals surface area contributed by atoms with Crippen molar-refractivity contribution < 1.29 is 17.5 Å². The third-order valence-electron chi connectivity index (χ3n) is 2.53. The van der Waals surface area contributed by atoms with Crippen molar-refractivity contribution >= 4 is 10.0 Å². The van der Waals surface area contributed by atoms with Crippen molar-refractivity contribution in [2.45, 2.75) is 24.5 Å². The summed E-state index contributed by atoms with van der Waals surface area (Å²) in [6, 6.07) is 3.84. The van der Waals surface area contributed by atoms with Crippen LogP contribution in [0.2, 0.25) is 0 Å². The van der Waals surface area contributed by atoms with Crippen LogP contribution in [0.15, 0.2) is 23.1 Å². The van der Waals surface area contributed by atoms with Crippen LogP contribution < -0.4 is 10.5 Å². The molecule has 1 rings (SSSR count). The molecule has 1 atom stereocenters. The summed E-state index contributed by atoms with van der Waals surface area (Å²) in [7, 11) is -2.30. The summed E-state index contributed by atoms with van der Waals surface area (Å²) < 4.78 is 44.7. The Balaban J connectivity index is 3.02. The molecule has 0 aliphatic heterocycles. The van der Waals surface area contributed by atoms with Crippen molar-refractivity contribution in [3.63, 3.8) is 0 Å². The SMILES string of the molecule is COC(C)CNS(=O)(=O)c1cccc(F)c1CN. The standard InChI is InChI=1S/C11H17FN2O3S/c1-8(17-2)7-14-18(15,16)11-5-3-4-10(12)9(11)6-13/h3-5,8,14H,6-7,13H2,1-2H3. The molecule has 0 fully saturated rings. The predicted molar refractivity (Wildman–Crippen MR) is 66.0 cm³/mol. The second-order valence-corrected chi connectivity index (χ2v) is 5.55. The average molecular weight is 276 g/mol. The first-order valence-electron chi connectivity index (χ1n) is 5.42. The first-order valence-corrected chi connectivity index (χ1v) is 6.90. The highest BCUT2D eigenvalue weighted by atomic mass is 32.2. The summed E-state index contributed by atoms with van der Waals surface area (Å²) in [5, 5.41) is 0. The lowest BCUT2D eigenvalue weighted by Crippen LogP contribution is -2.32. The molecule has 0 aromatic heterocycles. The maximum atomic E-state index is 13.4. The normalized spacial score (nSPS) is 13.6. The second kappa shape index (κ2) is 6.24. The average Bonchev–Trinajstić information content (AvgIpc) is 2.35. The summed E-state index contributed by atoms with van der Waals surface area (Å²) in [6.45, 7) is 1.65. The van der Waals surface area contributed by atoms with Crippen LogP contribution >= 0.6 is 0 Å². The first-order chi connectivity index (χ1) is 8.42. The van der Waals surface area contributed by atoms with Gasteiger partial charge in [-0.05, 0) is 19.1 Å². The minimum absolute atomic E-state index is 0.0185. The third-order valence-corrected chi connectivity index (χ3v) is 4.04. The maximum absolute atomic E-state index is 13.4. The molecule has 1 aromatic rings. The van der Waals surface area contributed by atoms with Crippen LogP contribution in [0.25, 0.3) is 0 Å². The molecule has 102 valence electrons. The fourth-order valence-electron chi connectivity index (χ4n) is 1.38.